The Morgan fingerprint density at radius 3 is 2.43 bits per heavy atom. The van der Waals surface area contributed by atoms with Gasteiger partial charge in [-0.1, -0.05) is 12.1 Å². The standard InChI is InChI=1S/C19H20F4N4O/c1-3-24-19(25-9-12-5-4-11(2)14(21)8-12)26-10-16(28)27-15-7-6-13(20)17(22)18(15)23/h4-8H,3,9-10H2,1-2H3,(H,27,28)(H2,24,25,26). The normalized spacial score (nSPS) is 11.3. The Morgan fingerprint density at radius 1 is 1.00 bits per heavy atom. The van der Waals surface area contributed by atoms with Crippen molar-refractivity contribution in [3.05, 3.63) is 64.7 Å². The second kappa shape index (κ2) is 9.72. The van der Waals surface area contributed by atoms with E-state index in [1.807, 2.05) is 6.92 Å². The molecule has 0 atom stereocenters. The Bertz CT molecular complexity index is 886. The summed E-state index contributed by atoms with van der Waals surface area (Å²) in [6.45, 7) is 3.86. The number of aryl methyl sites for hydroxylation is 1. The number of aliphatic imine (C=N–C) groups is 1. The molecule has 2 aromatic rings. The third-order valence-electron chi connectivity index (χ3n) is 3.73. The van der Waals surface area contributed by atoms with Crippen molar-refractivity contribution in [2.24, 2.45) is 4.99 Å². The van der Waals surface area contributed by atoms with E-state index in [0.717, 1.165) is 6.07 Å². The first-order chi connectivity index (χ1) is 13.3. The Labute approximate surface area is 159 Å². The molecule has 0 radical (unpaired) electrons. The van der Waals surface area contributed by atoms with E-state index in [1.54, 1.807) is 19.1 Å². The fraction of sp³-hybridized carbons (Fsp3) is 0.263. The van der Waals surface area contributed by atoms with E-state index < -0.39 is 29.0 Å². The van der Waals surface area contributed by atoms with Gasteiger partial charge in [-0.2, -0.15) is 0 Å². The second-order valence-electron chi connectivity index (χ2n) is 5.90. The monoisotopic (exact) mass is 396 g/mol. The minimum Gasteiger partial charge on any atom is -0.357 e. The number of halogens is 4. The highest BCUT2D eigenvalue weighted by Crippen LogP contribution is 2.19. The largest absolute Gasteiger partial charge is 0.357 e. The van der Waals surface area contributed by atoms with Crippen molar-refractivity contribution in [3.63, 3.8) is 0 Å². The van der Waals surface area contributed by atoms with Crippen molar-refractivity contribution in [2.75, 3.05) is 18.4 Å². The molecule has 0 saturated carbocycles. The zero-order chi connectivity index (χ0) is 20.7. The minimum atomic E-state index is -1.66. The number of nitrogens with one attached hydrogen (secondary N) is 3. The summed E-state index contributed by atoms with van der Waals surface area (Å²) in [6, 6.07) is 6.40. The van der Waals surface area contributed by atoms with Crippen molar-refractivity contribution in [1.29, 1.82) is 0 Å². The highest BCUT2D eigenvalue weighted by molar-refractivity contribution is 5.95. The van der Waals surface area contributed by atoms with E-state index in [4.69, 9.17) is 0 Å². The molecule has 2 rings (SSSR count). The quantitative estimate of drug-likeness (QED) is 0.304. The number of hydrogen-bond donors (Lipinski definition) is 3. The zero-order valence-electron chi connectivity index (χ0n) is 15.4. The number of benzene rings is 2. The molecule has 150 valence electrons. The number of nitrogens with zero attached hydrogens (tertiary/aromatic N) is 1. The molecule has 0 aliphatic carbocycles. The van der Waals surface area contributed by atoms with Gasteiger partial charge in [0.15, 0.2) is 23.4 Å². The summed E-state index contributed by atoms with van der Waals surface area (Å²) >= 11 is 0. The SMILES string of the molecule is CCNC(=NCc1ccc(C)c(F)c1)NCC(=O)Nc1ccc(F)c(F)c1F. The molecule has 0 fully saturated rings. The predicted octanol–water partition coefficient (Wildman–Crippen LogP) is 3.25. The lowest BCUT2D eigenvalue weighted by Gasteiger charge is -2.12. The van der Waals surface area contributed by atoms with Gasteiger partial charge in [-0.25, -0.2) is 22.6 Å². The van der Waals surface area contributed by atoms with Crippen LogP contribution in [0, 0.1) is 30.2 Å². The average Bonchev–Trinajstić information content (AvgIpc) is 2.67. The fourth-order valence-electron chi connectivity index (χ4n) is 2.23. The molecular formula is C19H20F4N4O. The zero-order valence-corrected chi connectivity index (χ0v) is 15.4. The van der Waals surface area contributed by atoms with Gasteiger partial charge < -0.3 is 16.0 Å². The maximum absolute atomic E-state index is 13.6. The number of hydrogen-bond acceptors (Lipinski definition) is 2. The molecule has 1 amide bonds. The molecular weight excluding hydrogens is 376 g/mol. The Kier molecular flexibility index (Phi) is 7.36. The lowest BCUT2D eigenvalue weighted by atomic mass is 10.1. The Morgan fingerprint density at radius 2 is 1.75 bits per heavy atom. The van der Waals surface area contributed by atoms with Crippen LogP contribution in [0.1, 0.15) is 18.1 Å². The van der Waals surface area contributed by atoms with Crippen LogP contribution in [0.25, 0.3) is 0 Å². The summed E-state index contributed by atoms with van der Waals surface area (Å²) in [4.78, 5) is 16.2. The number of carbonyl (C=O) groups excluding carboxylic acids is 1. The number of rotatable bonds is 6. The third kappa shape index (κ3) is 5.70. The van der Waals surface area contributed by atoms with Gasteiger partial charge in [0.05, 0.1) is 18.8 Å². The predicted molar refractivity (Wildman–Crippen MR) is 98.9 cm³/mol. The van der Waals surface area contributed by atoms with Crippen LogP contribution in [0.2, 0.25) is 0 Å². The lowest BCUT2D eigenvalue weighted by Crippen LogP contribution is -2.41. The van der Waals surface area contributed by atoms with Gasteiger partial charge in [-0.15, -0.1) is 0 Å². The second-order valence-corrected chi connectivity index (χ2v) is 5.90. The Balaban J connectivity index is 1.97. The first kappa shape index (κ1) is 21.2. The molecule has 3 N–H and O–H groups in total. The van der Waals surface area contributed by atoms with Crippen LogP contribution in [0.4, 0.5) is 23.2 Å². The van der Waals surface area contributed by atoms with Gasteiger partial charge in [-0.05, 0) is 43.2 Å². The van der Waals surface area contributed by atoms with Gasteiger partial charge in [0.1, 0.15) is 5.82 Å². The molecule has 0 saturated heterocycles. The van der Waals surface area contributed by atoms with E-state index in [0.29, 0.717) is 23.7 Å². The molecule has 0 bridgehead atoms. The highest BCUT2D eigenvalue weighted by atomic mass is 19.2. The summed E-state index contributed by atoms with van der Waals surface area (Å²) in [7, 11) is 0. The molecule has 0 aliphatic rings. The molecule has 9 heteroatoms. The highest BCUT2D eigenvalue weighted by Gasteiger charge is 2.15. The summed E-state index contributed by atoms with van der Waals surface area (Å²) in [5.74, 6) is -5.22. The van der Waals surface area contributed by atoms with E-state index in [2.05, 4.69) is 20.9 Å². The molecule has 0 unspecified atom stereocenters. The molecule has 0 aromatic heterocycles. The molecule has 28 heavy (non-hydrogen) atoms. The van der Waals surface area contributed by atoms with Gasteiger partial charge in [-0.3, -0.25) is 4.79 Å². The fourth-order valence-corrected chi connectivity index (χ4v) is 2.23. The van der Waals surface area contributed by atoms with Crippen molar-refractivity contribution in [1.82, 2.24) is 10.6 Å². The van der Waals surface area contributed by atoms with Crippen LogP contribution in [0.5, 0.6) is 0 Å². The summed E-state index contributed by atoms with van der Waals surface area (Å²) in [5, 5.41) is 7.78. The number of amides is 1. The topological polar surface area (TPSA) is 65.5 Å². The maximum atomic E-state index is 13.6. The first-order valence-corrected chi connectivity index (χ1v) is 8.52. The van der Waals surface area contributed by atoms with Gasteiger partial charge in [0.2, 0.25) is 5.91 Å². The van der Waals surface area contributed by atoms with E-state index in [-0.39, 0.29) is 24.9 Å². The van der Waals surface area contributed by atoms with Crippen LogP contribution in [0.15, 0.2) is 35.3 Å². The van der Waals surface area contributed by atoms with Crippen LogP contribution < -0.4 is 16.0 Å². The molecule has 2 aromatic carbocycles. The lowest BCUT2D eigenvalue weighted by molar-refractivity contribution is -0.115. The molecule has 0 spiro atoms. The van der Waals surface area contributed by atoms with Crippen molar-refractivity contribution in [3.8, 4) is 0 Å². The number of anilines is 1. The summed E-state index contributed by atoms with van der Waals surface area (Å²) in [6.07, 6.45) is 0. The molecule has 5 nitrogen and oxygen atoms in total. The number of carbonyl (C=O) groups is 1. The van der Waals surface area contributed by atoms with Gasteiger partial charge in [0.25, 0.3) is 0 Å². The van der Waals surface area contributed by atoms with Crippen molar-refractivity contribution < 1.29 is 22.4 Å². The van der Waals surface area contributed by atoms with Crippen LogP contribution >= 0.6 is 0 Å². The van der Waals surface area contributed by atoms with Crippen molar-refractivity contribution >= 4 is 17.6 Å². The third-order valence-corrected chi connectivity index (χ3v) is 3.73. The maximum Gasteiger partial charge on any atom is 0.243 e. The average molecular weight is 396 g/mol. The van der Waals surface area contributed by atoms with E-state index in [1.165, 1.54) is 6.07 Å². The summed E-state index contributed by atoms with van der Waals surface area (Å²) in [5.41, 5.74) is 0.704. The number of guanidine groups is 1. The van der Waals surface area contributed by atoms with E-state index in [9.17, 15) is 22.4 Å². The summed E-state index contributed by atoms with van der Waals surface area (Å²) < 4.78 is 53.3. The smallest absolute Gasteiger partial charge is 0.243 e. The molecule has 0 aliphatic heterocycles. The Hall–Kier alpha value is -3.10. The molecule has 0 heterocycles. The van der Waals surface area contributed by atoms with Gasteiger partial charge in [0, 0.05) is 6.54 Å². The minimum absolute atomic E-state index is 0.173. The van der Waals surface area contributed by atoms with Gasteiger partial charge >= 0.3 is 0 Å². The van der Waals surface area contributed by atoms with Crippen LogP contribution in [-0.2, 0) is 11.3 Å². The first-order valence-electron chi connectivity index (χ1n) is 8.52. The van der Waals surface area contributed by atoms with E-state index >= 15 is 0 Å². The van der Waals surface area contributed by atoms with Crippen molar-refractivity contribution in [2.45, 2.75) is 20.4 Å². The van der Waals surface area contributed by atoms with Crippen LogP contribution in [0.3, 0.4) is 0 Å². The van der Waals surface area contributed by atoms with Crippen LogP contribution in [-0.4, -0.2) is 25.0 Å².